The maximum Gasteiger partial charge on any atom is 0.415 e. The van der Waals surface area contributed by atoms with Gasteiger partial charge >= 0.3 is 12.1 Å². The van der Waals surface area contributed by atoms with Crippen molar-refractivity contribution in [3.8, 4) is 23.0 Å². The van der Waals surface area contributed by atoms with Crippen molar-refractivity contribution in [3.05, 3.63) is 82.3 Å². The first-order chi connectivity index (χ1) is 20.3. The molecule has 0 saturated heterocycles. The zero-order valence-corrected chi connectivity index (χ0v) is 25.1. The smallest absolute Gasteiger partial charge is 0.415 e. The fourth-order valence-electron chi connectivity index (χ4n) is 3.99. The molecule has 3 rings (SSSR count). The van der Waals surface area contributed by atoms with Gasteiger partial charge in [0.1, 0.15) is 18.1 Å². The van der Waals surface area contributed by atoms with E-state index in [0.29, 0.717) is 65.6 Å². The Labute approximate surface area is 255 Å². The van der Waals surface area contributed by atoms with Crippen LogP contribution in [0.1, 0.15) is 25.3 Å². The Hall–Kier alpha value is -3.66. The van der Waals surface area contributed by atoms with Crippen molar-refractivity contribution in [1.29, 1.82) is 0 Å². The van der Waals surface area contributed by atoms with Crippen LogP contribution in [0.5, 0.6) is 23.0 Å². The van der Waals surface area contributed by atoms with E-state index in [9.17, 15) is 14.7 Å². The van der Waals surface area contributed by atoms with Crippen LogP contribution in [0.25, 0.3) is 0 Å². The maximum atomic E-state index is 13.1. The van der Waals surface area contributed by atoms with E-state index in [2.05, 4.69) is 0 Å². The number of carboxylic acids is 1. The first-order valence-electron chi connectivity index (χ1n) is 13.5. The van der Waals surface area contributed by atoms with Crippen LogP contribution in [-0.4, -0.2) is 68.2 Å². The molecule has 3 aromatic rings. The summed E-state index contributed by atoms with van der Waals surface area (Å²) in [7, 11) is 1.51. The SMILES string of the molecule is CCOC(Cc1ccc(OCCN(CCCCOc2cc(Cl)cc(Cl)c2)C(=O)Oc2ccccc2OC)cc1)C(=O)O. The molecule has 0 saturated carbocycles. The number of amides is 1. The molecule has 1 amide bonds. The maximum absolute atomic E-state index is 13.1. The minimum Gasteiger partial charge on any atom is -0.493 e. The van der Waals surface area contributed by atoms with Gasteiger partial charge in [0.15, 0.2) is 17.6 Å². The number of ether oxygens (including phenoxy) is 5. The Morgan fingerprint density at radius 3 is 2.17 bits per heavy atom. The zero-order chi connectivity index (χ0) is 30.3. The van der Waals surface area contributed by atoms with Gasteiger partial charge in [-0.05, 0) is 67.8 Å². The predicted octanol–water partition coefficient (Wildman–Crippen LogP) is 6.77. The van der Waals surface area contributed by atoms with Crippen molar-refractivity contribution in [1.82, 2.24) is 4.90 Å². The van der Waals surface area contributed by atoms with Gasteiger partial charge in [-0.2, -0.15) is 0 Å². The van der Waals surface area contributed by atoms with Gasteiger partial charge in [-0.3, -0.25) is 0 Å². The monoisotopic (exact) mass is 619 g/mol. The van der Waals surface area contributed by atoms with Crippen molar-refractivity contribution < 1.29 is 38.4 Å². The highest BCUT2D eigenvalue weighted by Gasteiger charge is 2.19. The molecule has 3 aromatic carbocycles. The van der Waals surface area contributed by atoms with Crippen molar-refractivity contribution in [2.45, 2.75) is 32.3 Å². The summed E-state index contributed by atoms with van der Waals surface area (Å²) in [6, 6.07) is 19.1. The number of para-hydroxylation sites is 2. The Morgan fingerprint density at radius 1 is 0.857 bits per heavy atom. The number of benzene rings is 3. The van der Waals surface area contributed by atoms with Crippen LogP contribution < -0.4 is 18.9 Å². The number of unbranched alkanes of at least 4 members (excludes halogenated alkanes) is 1. The number of methoxy groups -OCH3 is 1. The summed E-state index contributed by atoms with van der Waals surface area (Å²) >= 11 is 12.1. The number of hydrogen-bond acceptors (Lipinski definition) is 7. The molecular weight excluding hydrogens is 585 g/mol. The minimum atomic E-state index is -1.00. The number of hydrogen-bond donors (Lipinski definition) is 1. The molecule has 9 nitrogen and oxygen atoms in total. The molecule has 226 valence electrons. The molecule has 11 heteroatoms. The lowest BCUT2D eigenvalue weighted by Crippen LogP contribution is -2.37. The molecule has 0 radical (unpaired) electrons. The molecule has 0 aromatic heterocycles. The van der Waals surface area contributed by atoms with E-state index < -0.39 is 18.2 Å². The lowest BCUT2D eigenvalue weighted by Gasteiger charge is -2.23. The summed E-state index contributed by atoms with van der Waals surface area (Å²) < 4.78 is 27.8. The Morgan fingerprint density at radius 2 is 1.52 bits per heavy atom. The van der Waals surface area contributed by atoms with Gasteiger partial charge in [-0.1, -0.05) is 47.5 Å². The van der Waals surface area contributed by atoms with E-state index in [-0.39, 0.29) is 19.6 Å². The number of rotatable bonds is 17. The van der Waals surface area contributed by atoms with Gasteiger partial charge in [-0.15, -0.1) is 0 Å². The molecule has 1 unspecified atom stereocenters. The summed E-state index contributed by atoms with van der Waals surface area (Å²) in [4.78, 5) is 26.0. The lowest BCUT2D eigenvalue weighted by molar-refractivity contribution is -0.149. The summed E-state index contributed by atoms with van der Waals surface area (Å²) in [5.74, 6) is 0.937. The average Bonchev–Trinajstić information content (AvgIpc) is 2.96. The summed E-state index contributed by atoms with van der Waals surface area (Å²) in [6.45, 7) is 3.39. The molecule has 0 fully saturated rings. The van der Waals surface area contributed by atoms with Crippen LogP contribution in [0, 0.1) is 0 Å². The average molecular weight is 621 g/mol. The van der Waals surface area contributed by atoms with E-state index in [4.69, 9.17) is 46.9 Å². The number of aliphatic carboxylic acids is 1. The van der Waals surface area contributed by atoms with Gasteiger partial charge in [0.05, 0.1) is 20.3 Å². The van der Waals surface area contributed by atoms with E-state index in [1.807, 2.05) is 0 Å². The largest absolute Gasteiger partial charge is 0.493 e. The number of carbonyl (C=O) groups excluding carboxylic acids is 1. The Bertz CT molecular complexity index is 1270. The normalized spacial score (nSPS) is 11.4. The second-order valence-corrected chi connectivity index (χ2v) is 10.0. The minimum absolute atomic E-state index is 0.217. The third kappa shape index (κ3) is 11.0. The highest BCUT2D eigenvalue weighted by molar-refractivity contribution is 6.34. The van der Waals surface area contributed by atoms with E-state index in [1.165, 1.54) is 7.11 Å². The molecule has 0 heterocycles. The van der Waals surface area contributed by atoms with Crippen molar-refractivity contribution >= 4 is 35.3 Å². The van der Waals surface area contributed by atoms with Crippen LogP contribution >= 0.6 is 23.2 Å². The molecule has 0 aliphatic carbocycles. The molecular formula is C31H35Cl2NO8. The van der Waals surface area contributed by atoms with Crippen molar-refractivity contribution in [2.24, 2.45) is 0 Å². The standard InChI is InChI=1S/C31H35Cl2NO8/c1-3-39-29(30(35)36)18-22-10-12-25(13-11-22)41-17-15-34(31(37)42-28-9-5-4-8-27(28)38-2)14-6-7-16-40-26-20-23(32)19-24(33)21-26/h4-5,8-13,19-21,29H,3,6-7,14-18H2,1-2H3,(H,35,36). The molecule has 42 heavy (non-hydrogen) atoms. The fourth-order valence-corrected chi connectivity index (χ4v) is 4.50. The summed E-state index contributed by atoms with van der Waals surface area (Å²) in [5.41, 5.74) is 0.812. The number of carbonyl (C=O) groups is 2. The molecule has 0 bridgehead atoms. The molecule has 1 N–H and O–H groups in total. The van der Waals surface area contributed by atoms with Crippen LogP contribution in [0.15, 0.2) is 66.7 Å². The molecule has 0 aliphatic heterocycles. The summed E-state index contributed by atoms with van der Waals surface area (Å²) in [5, 5.41) is 10.3. The Kier molecular flexibility index (Phi) is 13.6. The second-order valence-electron chi connectivity index (χ2n) is 9.15. The van der Waals surface area contributed by atoms with Gasteiger partial charge in [0.2, 0.25) is 0 Å². The predicted molar refractivity (Wildman–Crippen MR) is 160 cm³/mol. The topological polar surface area (TPSA) is 104 Å². The van der Waals surface area contributed by atoms with Gasteiger partial charge in [0.25, 0.3) is 0 Å². The lowest BCUT2D eigenvalue weighted by atomic mass is 10.1. The molecule has 1 atom stereocenters. The number of carboxylic acid groups (broad SMARTS) is 1. The van der Waals surface area contributed by atoms with Crippen molar-refractivity contribution in [3.63, 3.8) is 0 Å². The van der Waals surface area contributed by atoms with E-state index in [0.717, 1.165) is 5.56 Å². The first-order valence-corrected chi connectivity index (χ1v) is 14.3. The van der Waals surface area contributed by atoms with Crippen LogP contribution in [0.2, 0.25) is 10.0 Å². The number of halogens is 2. The molecule has 0 spiro atoms. The fraction of sp³-hybridized carbons (Fsp3) is 0.355. The van der Waals surface area contributed by atoms with Gasteiger partial charge < -0.3 is 33.7 Å². The van der Waals surface area contributed by atoms with Crippen LogP contribution in [0.4, 0.5) is 4.79 Å². The van der Waals surface area contributed by atoms with E-state index in [1.54, 1.807) is 78.6 Å². The third-order valence-electron chi connectivity index (χ3n) is 6.07. The van der Waals surface area contributed by atoms with Crippen LogP contribution in [0.3, 0.4) is 0 Å². The zero-order valence-electron chi connectivity index (χ0n) is 23.6. The highest BCUT2D eigenvalue weighted by Crippen LogP contribution is 2.27. The van der Waals surface area contributed by atoms with E-state index >= 15 is 0 Å². The second kappa shape index (κ2) is 17.3. The van der Waals surface area contributed by atoms with Gasteiger partial charge in [-0.25, -0.2) is 9.59 Å². The Balaban J connectivity index is 1.55. The van der Waals surface area contributed by atoms with Gasteiger partial charge in [0, 0.05) is 29.6 Å². The first kappa shape index (κ1) is 32.8. The molecule has 0 aliphatic rings. The highest BCUT2D eigenvalue weighted by atomic mass is 35.5. The summed E-state index contributed by atoms with van der Waals surface area (Å²) in [6.07, 6.45) is 0.133. The van der Waals surface area contributed by atoms with Crippen molar-refractivity contribution in [2.75, 3.05) is 40.0 Å². The van der Waals surface area contributed by atoms with Crippen LogP contribution in [-0.2, 0) is 16.0 Å². The quantitative estimate of drug-likeness (QED) is 0.165. The number of nitrogens with zero attached hydrogens (tertiary/aromatic N) is 1. The third-order valence-corrected chi connectivity index (χ3v) is 6.51.